The number of nitro benzene ring substituents is 1. The number of carbonyl (C=O) groups is 2. The number of amides is 1. The Morgan fingerprint density at radius 1 is 1.10 bits per heavy atom. The van der Waals surface area contributed by atoms with E-state index in [9.17, 15) is 24.1 Å². The zero-order valence-electron chi connectivity index (χ0n) is 15.2. The van der Waals surface area contributed by atoms with Gasteiger partial charge in [0.25, 0.3) is 5.69 Å². The molecular weight excluding hydrogens is 399 g/mol. The number of nitrogens with zero attached hydrogens (tertiary/aromatic N) is 2. The van der Waals surface area contributed by atoms with Gasteiger partial charge < -0.3 is 0 Å². The molecule has 0 saturated heterocycles. The normalized spacial score (nSPS) is 19.4. The lowest BCUT2D eigenvalue weighted by Crippen LogP contribution is -2.40. The van der Waals surface area contributed by atoms with Gasteiger partial charge >= 0.3 is 0 Å². The maximum atomic E-state index is 13.4. The van der Waals surface area contributed by atoms with E-state index in [1.807, 2.05) is 0 Å². The number of nitro groups is 1. The molecule has 4 rings (SSSR count). The van der Waals surface area contributed by atoms with E-state index >= 15 is 0 Å². The first-order valence-electron chi connectivity index (χ1n) is 9.15. The fraction of sp³-hybridized carbons (Fsp3) is 0.238. The van der Waals surface area contributed by atoms with Crippen LogP contribution in [0.3, 0.4) is 0 Å². The van der Waals surface area contributed by atoms with Crippen molar-refractivity contribution in [3.8, 4) is 0 Å². The molecule has 0 aromatic heterocycles. The van der Waals surface area contributed by atoms with E-state index in [0.29, 0.717) is 36.1 Å². The van der Waals surface area contributed by atoms with E-state index in [0.717, 1.165) is 0 Å². The van der Waals surface area contributed by atoms with Crippen LogP contribution in [-0.4, -0.2) is 16.6 Å². The fourth-order valence-electron chi connectivity index (χ4n) is 4.08. The molecule has 0 saturated carbocycles. The summed E-state index contributed by atoms with van der Waals surface area (Å²) in [6.07, 6.45) is 1.29. The third-order valence-corrected chi connectivity index (χ3v) is 5.56. The first-order chi connectivity index (χ1) is 13.9. The summed E-state index contributed by atoms with van der Waals surface area (Å²) in [6, 6.07) is 9.74. The van der Waals surface area contributed by atoms with Crippen molar-refractivity contribution in [3.63, 3.8) is 0 Å². The van der Waals surface area contributed by atoms with Crippen LogP contribution in [-0.2, 0) is 9.59 Å². The summed E-state index contributed by atoms with van der Waals surface area (Å²) in [5.74, 6) is -1.36. The molecule has 8 heteroatoms. The highest BCUT2D eigenvalue weighted by Gasteiger charge is 2.41. The molecule has 1 amide bonds. The Morgan fingerprint density at radius 2 is 1.83 bits per heavy atom. The maximum absolute atomic E-state index is 13.4. The van der Waals surface area contributed by atoms with Crippen molar-refractivity contribution in [2.24, 2.45) is 0 Å². The molecular formula is C21H16ClFN2O4. The number of hydrogen-bond donors (Lipinski definition) is 0. The van der Waals surface area contributed by atoms with Gasteiger partial charge in [-0.25, -0.2) is 4.39 Å². The smallest absolute Gasteiger partial charge is 0.293 e. The highest BCUT2D eigenvalue weighted by atomic mass is 35.5. The SMILES string of the molecule is O=C1CCCC2=C1C(c1ccc(F)cc1)CC(=O)N2c1cc(Cl)ccc1[N+](=O)[O-]. The topological polar surface area (TPSA) is 80.5 Å². The summed E-state index contributed by atoms with van der Waals surface area (Å²) in [5, 5.41) is 11.8. The predicted octanol–water partition coefficient (Wildman–Crippen LogP) is 4.91. The van der Waals surface area contributed by atoms with E-state index in [4.69, 9.17) is 11.6 Å². The number of rotatable bonds is 3. The largest absolute Gasteiger partial charge is 0.294 e. The molecule has 0 radical (unpaired) electrons. The first kappa shape index (κ1) is 19.3. The molecule has 1 atom stereocenters. The molecule has 0 bridgehead atoms. The van der Waals surface area contributed by atoms with Crippen LogP contribution >= 0.6 is 11.6 Å². The van der Waals surface area contributed by atoms with Crippen LogP contribution in [0.2, 0.25) is 5.02 Å². The number of benzene rings is 2. The zero-order chi connectivity index (χ0) is 20.7. The Morgan fingerprint density at radius 3 is 2.52 bits per heavy atom. The number of ketones is 1. The number of allylic oxidation sites excluding steroid dienone is 2. The number of carbonyl (C=O) groups excluding carboxylic acids is 2. The van der Waals surface area contributed by atoms with E-state index in [-0.39, 0.29) is 34.5 Å². The van der Waals surface area contributed by atoms with E-state index in [1.54, 1.807) is 12.1 Å². The minimum Gasteiger partial charge on any atom is -0.294 e. The third kappa shape index (κ3) is 3.42. The third-order valence-electron chi connectivity index (χ3n) is 5.32. The van der Waals surface area contributed by atoms with Crippen LogP contribution in [0.25, 0.3) is 0 Å². The molecule has 0 spiro atoms. The highest BCUT2D eigenvalue weighted by molar-refractivity contribution is 6.31. The van der Waals surface area contributed by atoms with Gasteiger partial charge in [-0.1, -0.05) is 23.7 Å². The molecule has 1 aliphatic carbocycles. The Bertz CT molecular complexity index is 1060. The summed E-state index contributed by atoms with van der Waals surface area (Å²) in [6.45, 7) is 0. The van der Waals surface area contributed by atoms with Crippen LogP contribution < -0.4 is 4.90 Å². The molecule has 2 aliphatic rings. The zero-order valence-corrected chi connectivity index (χ0v) is 16.0. The average Bonchev–Trinajstić information content (AvgIpc) is 2.68. The number of hydrogen-bond acceptors (Lipinski definition) is 4. The van der Waals surface area contributed by atoms with Gasteiger partial charge in [-0.3, -0.25) is 24.6 Å². The van der Waals surface area contributed by atoms with Crippen molar-refractivity contribution in [2.45, 2.75) is 31.6 Å². The second kappa shape index (κ2) is 7.40. The lowest BCUT2D eigenvalue weighted by molar-refractivity contribution is -0.384. The van der Waals surface area contributed by atoms with Crippen molar-refractivity contribution in [1.82, 2.24) is 0 Å². The quantitative estimate of drug-likeness (QED) is 0.527. The van der Waals surface area contributed by atoms with Crippen LogP contribution in [0.1, 0.15) is 37.2 Å². The van der Waals surface area contributed by atoms with Crippen molar-refractivity contribution in [3.05, 3.63) is 80.3 Å². The molecule has 148 valence electrons. The van der Waals surface area contributed by atoms with Crippen molar-refractivity contribution >= 4 is 34.7 Å². The van der Waals surface area contributed by atoms with Gasteiger partial charge in [0, 0.05) is 41.1 Å². The molecule has 2 aromatic carbocycles. The standard InChI is InChI=1S/C21H16ClFN2O4/c22-13-6-9-16(25(28)29)18(10-13)24-17-2-1-3-19(26)21(17)15(11-20(24)27)12-4-7-14(23)8-5-12/h4-10,15H,1-3,11H2. The minimum absolute atomic E-state index is 0.0418. The monoisotopic (exact) mass is 414 g/mol. The molecule has 6 nitrogen and oxygen atoms in total. The Balaban J connectivity index is 1.91. The highest BCUT2D eigenvalue weighted by Crippen LogP contribution is 2.45. The van der Waals surface area contributed by atoms with Gasteiger partial charge in [0.05, 0.1) is 4.92 Å². The second-order valence-corrected chi connectivity index (χ2v) is 7.50. The molecule has 1 unspecified atom stereocenters. The predicted molar refractivity (Wildman–Crippen MR) is 105 cm³/mol. The molecule has 1 aliphatic heterocycles. The van der Waals surface area contributed by atoms with E-state index in [1.165, 1.54) is 35.2 Å². The van der Waals surface area contributed by atoms with Gasteiger partial charge in [-0.2, -0.15) is 0 Å². The van der Waals surface area contributed by atoms with Crippen LogP contribution in [0.5, 0.6) is 0 Å². The number of halogens is 2. The second-order valence-electron chi connectivity index (χ2n) is 7.06. The van der Waals surface area contributed by atoms with Gasteiger partial charge in [0.1, 0.15) is 11.5 Å². The Labute approximate surface area is 170 Å². The summed E-state index contributed by atoms with van der Waals surface area (Å²) in [7, 11) is 0. The van der Waals surface area contributed by atoms with Crippen LogP contribution in [0.4, 0.5) is 15.8 Å². The Hall–Kier alpha value is -3.06. The summed E-state index contributed by atoms with van der Waals surface area (Å²) < 4.78 is 13.4. The summed E-state index contributed by atoms with van der Waals surface area (Å²) in [5.41, 5.74) is 1.41. The van der Waals surface area contributed by atoms with Gasteiger partial charge in [-0.05, 0) is 42.7 Å². The molecule has 0 N–H and O–H groups in total. The molecule has 2 aromatic rings. The van der Waals surface area contributed by atoms with E-state index < -0.39 is 16.7 Å². The average molecular weight is 415 g/mol. The first-order valence-corrected chi connectivity index (χ1v) is 9.53. The van der Waals surface area contributed by atoms with Crippen molar-refractivity contribution < 1.29 is 18.9 Å². The van der Waals surface area contributed by atoms with Crippen molar-refractivity contribution in [2.75, 3.05) is 4.90 Å². The lowest BCUT2D eigenvalue weighted by Gasteiger charge is -2.38. The van der Waals surface area contributed by atoms with Gasteiger partial charge in [0.15, 0.2) is 5.78 Å². The van der Waals surface area contributed by atoms with Crippen LogP contribution in [0, 0.1) is 15.9 Å². The number of anilines is 1. The fourth-order valence-corrected chi connectivity index (χ4v) is 4.25. The Kier molecular flexibility index (Phi) is 4.92. The minimum atomic E-state index is -0.574. The maximum Gasteiger partial charge on any atom is 0.293 e. The summed E-state index contributed by atoms with van der Waals surface area (Å²) >= 11 is 6.05. The number of Topliss-reactive ketones (excluding diaryl/α,β-unsaturated/α-hetero) is 1. The van der Waals surface area contributed by atoms with Gasteiger partial charge in [0.2, 0.25) is 5.91 Å². The van der Waals surface area contributed by atoms with Crippen molar-refractivity contribution in [1.29, 1.82) is 0 Å². The summed E-state index contributed by atoms with van der Waals surface area (Å²) in [4.78, 5) is 38.2. The van der Waals surface area contributed by atoms with Crippen LogP contribution in [0.15, 0.2) is 53.7 Å². The lowest BCUT2D eigenvalue weighted by atomic mass is 9.77. The molecule has 0 fully saturated rings. The molecule has 1 heterocycles. The van der Waals surface area contributed by atoms with E-state index in [2.05, 4.69) is 0 Å². The molecule has 29 heavy (non-hydrogen) atoms. The van der Waals surface area contributed by atoms with Gasteiger partial charge in [-0.15, -0.1) is 0 Å².